The van der Waals surface area contributed by atoms with Crippen LogP contribution in [0.3, 0.4) is 0 Å². The van der Waals surface area contributed by atoms with E-state index in [1.165, 1.54) is 7.11 Å². The number of ether oxygens (including phenoxy) is 1. The molecule has 0 aliphatic rings. The van der Waals surface area contributed by atoms with Gasteiger partial charge in [-0.1, -0.05) is 34.8 Å². The molecule has 0 aliphatic carbocycles. The van der Waals surface area contributed by atoms with E-state index in [-0.39, 0.29) is 0 Å². The van der Waals surface area contributed by atoms with Crippen molar-refractivity contribution >= 4 is 40.5 Å². The molecule has 2 aromatic carbocycles. The standard InChI is InChI=1S/C13H10Cl3NO/c1-18-13-6-10(15)8(5-11(13)16)9-4-7(14)2-3-12(9)17/h2-6H,17H2,1H3. The highest BCUT2D eigenvalue weighted by Gasteiger charge is 2.12. The van der Waals surface area contributed by atoms with Gasteiger partial charge in [0.25, 0.3) is 0 Å². The summed E-state index contributed by atoms with van der Waals surface area (Å²) in [5.41, 5.74) is 7.98. The lowest BCUT2D eigenvalue weighted by Crippen LogP contribution is -1.92. The molecule has 0 atom stereocenters. The van der Waals surface area contributed by atoms with Crippen molar-refractivity contribution in [1.29, 1.82) is 0 Å². The molecule has 0 amide bonds. The van der Waals surface area contributed by atoms with Crippen molar-refractivity contribution in [3.63, 3.8) is 0 Å². The van der Waals surface area contributed by atoms with Crippen molar-refractivity contribution < 1.29 is 4.74 Å². The van der Waals surface area contributed by atoms with Gasteiger partial charge in [0.05, 0.1) is 17.2 Å². The summed E-state index contributed by atoms with van der Waals surface area (Å²) in [5, 5.41) is 1.56. The van der Waals surface area contributed by atoms with Gasteiger partial charge in [-0.3, -0.25) is 0 Å². The monoisotopic (exact) mass is 301 g/mol. The molecule has 5 heteroatoms. The van der Waals surface area contributed by atoms with E-state index in [9.17, 15) is 0 Å². The van der Waals surface area contributed by atoms with E-state index in [1.54, 1.807) is 30.3 Å². The van der Waals surface area contributed by atoms with Gasteiger partial charge in [-0.2, -0.15) is 0 Å². The fourth-order valence-electron chi connectivity index (χ4n) is 1.65. The summed E-state index contributed by atoms with van der Waals surface area (Å²) in [6.45, 7) is 0. The van der Waals surface area contributed by atoms with Crippen LogP contribution in [0.15, 0.2) is 30.3 Å². The van der Waals surface area contributed by atoms with Gasteiger partial charge in [0.15, 0.2) is 0 Å². The van der Waals surface area contributed by atoms with E-state index in [4.69, 9.17) is 45.3 Å². The smallest absolute Gasteiger partial charge is 0.138 e. The lowest BCUT2D eigenvalue weighted by Gasteiger charge is -2.11. The maximum atomic E-state index is 6.20. The minimum atomic E-state index is 0.469. The molecule has 2 aromatic rings. The van der Waals surface area contributed by atoms with Gasteiger partial charge in [0, 0.05) is 27.9 Å². The van der Waals surface area contributed by atoms with Crippen molar-refractivity contribution in [3.05, 3.63) is 45.4 Å². The number of benzene rings is 2. The first-order chi connectivity index (χ1) is 8.52. The molecular formula is C13H10Cl3NO. The number of methoxy groups -OCH3 is 1. The first-order valence-corrected chi connectivity index (χ1v) is 6.24. The zero-order valence-corrected chi connectivity index (χ0v) is 11.8. The molecule has 2 rings (SSSR count). The minimum absolute atomic E-state index is 0.469. The van der Waals surface area contributed by atoms with Crippen molar-refractivity contribution in [1.82, 2.24) is 0 Å². The van der Waals surface area contributed by atoms with Crippen LogP contribution in [0.4, 0.5) is 5.69 Å². The zero-order valence-electron chi connectivity index (χ0n) is 9.51. The summed E-state index contributed by atoms with van der Waals surface area (Å²) in [7, 11) is 1.53. The molecule has 0 radical (unpaired) electrons. The third-order valence-electron chi connectivity index (χ3n) is 2.55. The third kappa shape index (κ3) is 2.51. The molecule has 0 aromatic heterocycles. The Morgan fingerprint density at radius 3 is 2.33 bits per heavy atom. The Balaban J connectivity index is 2.64. The van der Waals surface area contributed by atoms with E-state index >= 15 is 0 Å². The molecule has 94 valence electrons. The van der Waals surface area contributed by atoms with E-state index in [0.717, 1.165) is 11.1 Å². The second-order valence-electron chi connectivity index (χ2n) is 3.70. The maximum Gasteiger partial charge on any atom is 0.138 e. The van der Waals surface area contributed by atoms with Crippen LogP contribution in [-0.2, 0) is 0 Å². The summed E-state index contributed by atoms with van der Waals surface area (Å²) in [4.78, 5) is 0. The summed E-state index contributed by atoms with van der Waals surface area (Å²) in [6, 6.07) is 8.57. The normalized spacial score (nSPS) is 10.4. The Bertz CT molecular complexity index is 599. The summed E-state index contributed by atoms with van der Waals surface area (Å²) in [6.07, 6.45) is 0. The van der Waals surface area contributed by atoms with Gasteiger partial charge in [0.1, 0.15) is 5.75 Å². The first kappa shape index (κ1) is 13.3. The summed E-state index contributed by atoms with van der Waals surface area (Å²) < 4.78 is 5.10. The molecule has 0 spiro atoms. The molecule has 2 nitrogen and oxygen atoms in total. The van der Waals surface area contributed by atoms with E-state index in [1.807, 2.05) is 0 Å². The topological polar surface area (TPSA) is 35.2 Å². The van der Waals surface area contributed by atoms with Crippen molar-refractivity contribution in [2.45, 2.75) is 0 Å². The molecule has 0 bridgehead atoms. The SMILES string of the molecule is COc1cc(Cl)c(-c2cc(Cl)ccc2N)cc1Cl. The van der Waals surface area contributed by atoms with E-state index in [0.29, 0.717) is 26.5 Å². The van der Waals surface area contributed by atoms with Crippen LogP contribution in [0.2, 0.25) is 15.1 Å². The molecule has 0 saturated heterocycles. The van der Waals surface area contributed by atoms with Crippen molar-refractivity contribution in [2.75, 3.05) is 12.8 Å². The lowest BCUT2D eigenvalue weighted by atomic mass is 10.0. The number of hydrogen-bond acceptors (Lipinski definition) is 2. The average molecular weight is 303 g/mol. The summed E-state index contributed by atoms with van der Waals surface area (Å²) >= 11 is 18.2. The average Bonchev–Trinajstić information content (AvgIpc) is 2.35. The second-order valence-corrected chi connectivity index (χ2v) is 4.95. The largest absolute Gasteiger partial charge is 0.495 e. The van der Waals surface area contributed by atoms with Crippen LogP contribution >= 0.6 is 34.8 Å². The Kier molecular flexibility index (Phi) is 3.91. The molecule has 0 unspecified atom stereocenters. The Morgan fingerprint density at radius 2 is 1.67 bits per heavy atom. The Labute approximate surface area is 120 Å². The van der Waals surface area contributed by atoms with Crippen LogP contribution in [0.25, 0.3) is 11.1 Å². The van der Waals surface area contributed by atoms with Crippen molar-refractivity contribution in [3.8, 4) is 16.9 Å². The predicted molar refractivity (Wildman–Crippen MR) is 77.9 cm³/mol. The minimum Gasteiger partial charge on any atom is -0.495 e. The zero-order chi connectivity index (χ0) is 13.3. The number of hydrogen-bond donors (Lipinski definition) is 1. The number of anilines is 1. The molecule has 18 heavy (non-hydrogen) atoms. The van der Waals surface area contributed by atoms with Crippen LogP contribution in [-0.4, -0.2) is 7.11 Å². The molecule has 0 aliphatic heterocycles. The van der Waals surface area contributed by atoms with Crippen molar-refractivity contribution in [2.24, 2.45) is 0 Å². The third-order valence-corrected chi connectivity index (χ3v) is 3.39. The van der Waals surface area contributed by atoms with Gasteiger partial charge in [-0.05, 0) is 24.3 Å². The highest BCUT2D eigenvalue weighted by Crippen LogP contribution is 2.39. The molecular weight excluding hydrogens is 293 g/mol. The fraction of sp³-hybridized carbons (Fsp3) is 0.0769. The van der Waals surface area contributed by atoms with Gasteiger partial charge in [-0.15, -0.1) is 0 Å². The number of nitrogen functional groups attached to an aromatic ring is 1. The van der Waals surface area contributed by atoms with Crippen LogP contribution in [0.1, 0.15) is 0 Å². The van der Waals surface area contributed by atoms with Crippen LogP contribution in [0, 0.1) is 0 Å². The van der Waals surface area contributed by atoms with Crippen LogP contribution in [0.5, 0.6) is 5.75 Å². The van der Waals surface area contributed by atoms with Gasteiger partial charge < -0.3 is 10.5 Å². The lowest BCUT2D eigenvalue weighted by molar-refractivity contribution is 0.415. The second kappa shape index (κ2) is 5.27. The number of rotatable bonds is 2. The first-order valence-electron chi connectivity index (χ1n) is 5.11. The highest BCUT2D eigenvalue weighted by atomic mass is 35.5. The number of halogens is 3. The maximum absolute atomic E-state index is 6.20. The number of nitrogens with two attached hydrogens (primary N) is 1. The Hall–Kier alpha value is -1.09. The van der Waals surface area contributed by atoms with E-state index < -0.39 is 0 Å². The van der Waals surface area contributed by atoms with Gasteiger partial charge in [0.2, 0.25) is 0 Å². The Morgan fingerprint density at radius 1 is 0.944 bits per heavy atom. The highest BCUT2D eigenvalue weighted by molar-refractivity contribution is 6.36. The summed E-state index contributed by atoms with van der Waals surface area (Å²) in [5.74, 6) is 0.519. The fourth-order valence-corrected chi connectivity index (χ4v) is 2.32. The molecule has 2 N–H and O–H groups in total. The van der Waals surface area contributed by atoms with Gasteiger partial charge >= 0.3 is 0 Å². The molecule has 0 fully saturated rings. The predicted octanol–water partition coefficient (Wildman–Crippen LogP) is 4.90. The van der Waals surface area contributed by atoms with Crippen LogP contribution < -0.4 is 10.5 Å². The molecule has 0 saturated carbocycles. The molecule has 0 heterocycles. The van der Waals surface area contributed by atoms with E-state index in [2.05, 4.69) is 0 Å². The quantitative estimate of drug-likeness (QED) is 0.800. The van der Waals surface area contributed by atoms with Gasteiger partial charge in [-0.25, -0.2) is 0 Å².